The van der Waals surface area contributed by atoms with Gasteiger partial charge in [0.05, 0.1) is 11.3 Å². The predicted octanol–water partition coefficient (Wildman–Crippen LogP) is 4.20. The molecule has 4 nitrogen and oxygen atoms in total. The van der Waals surface area contributed by atoms with Gasteiger partial charge in [-0.05, 0) is 29.8 Å². The van der Waals surface area contributed by atoms with Crippen molar-refractivity contribution in [3.63, 3.8) is 0 Å². The Morgan fingerprint density at radius 2 is 1.48 bits per heavy atom. The number of para-hydroxylation sites is 1. The molecule has 4 aromatic rings. The van der Waals surface area contributed by atoms with Crippen LogP contribution in [0.4, 0.5) is 0 Å². The first-order valence-corrected chi connectivity index (χ1v) is 8.71. The monoisotopic (exact) mass is 354 g/mol. The van der Waals surface area contributed by atoms with Crippen molar-refractivity contribution >= 4 is 0 Å². The molecule has 0 radical (unpaired) electrons. The molecule has 1 N–H and O–H groups in total. The number of hydrogen-bond acceptors (Lipinski definition) is 3. The van der Waals surface area contributed by atoms with E-state index in [1.165, 1.54) is 0 Å². The van der Waals surface area contributed by atoms with Gasteiger partial charge in [0.25, 0.3) is 5.56 Å². The minimum atomic E-state index is -0.225. The van der Waals surface area contributed by atoms with Crippen LogP contribution in [0.2, 0.25) is 0 Å². The molecule has 27 heavy (non-hydrogen) atoms. The summed E-state index contributed by atoms with van der Waals surface area (Å²) in [7, 11) is 0. The van der Waals surface area contributed by atoms with Crippen LogP contribution in [-0.2, 0) is 6.42 Å². The minimum absolute atomic E-state index is 0.00264. The molecule has 0 aliphatic carbocycles. The van der Waals surface area contributed by atoms with Gasteiger partial charge in [0, 0.05) is 36.1 Å². The highest BCUT2D eigenvalue weighted by atomic mass is 16.3. The van der Waals surface area contributed by atoms with Gasteiger partial charge in [0.1, 0.15) is 5.75 Å². The lowest BCUT2D eigenvalue weighted by atomic mass is 10.0. The third kappa shape index (κ3) is 3.37. The second-order valence-corrected chi connectivity index (χ2v) is 6.27. The molecule has 2 aromatic heterocycles. The summed E-state index contributed by atoms with van der Waals surface area (Å²) in [6.45, 7) is 0. The molecule has 0 unspecified atom stereocenters. The second kappa shape index (κ2) is 7.30. The van der Waals surface area contributed by atoms with Gasteiger partial charge in [-0.1, -0.05) is 48.5 Å². The van der Waals surface area contributed by atoms with Crippen LogP contribution in [0.25, 0.3) is 16.9 Å². The average Bonchev–Trinajstić information content (AvgIpc) is 2.73. The lowest BCUT2D eigenvalue weighted by Gasteiger charge is -2.16. The van der Waals surface area contributed by atoms with Gasteiger partial charge in [-0.2, -0.15) is 0 Å². The van der Waals surface area contributed by atoms with E-state index in [0.717, 1.165) is 16.8 Å². The van der Waals surface area contributed by atoms with E-state index < -0.39 is 0 Å². The fourth-order valence-corrected chi connectivity index (χ4v) is 3.17. The van der Waals surface area contributed by atoms with Crippen molar-refractivity contribution in [2.75, 3.05) is 0 Å². The number of hydrogen-bond donors (Lipinski definition) is 1. The molecule has 0 fully saturated rings. The Hall–Kier alpha value is -3.66. The van der Waals surface area contributed by atoms with Gasteiger partial charge < -0.3 is 5.11 Å². The molecule has 4 rings (SSSR count). The number of rotatable bonds is 4. The van der Waals surface area contributed by atoms with Crippen LogP contribution in [0.3, 0.4) is 0 Å². The Balaban J connectivity index is 1.95. The molecular formula is C23H18N2O2. The highest BCUT2D eigenvalue weighted by Crippen LogP contribution is 2.27. The maximum absolute atomic E-state index is 13.4. The van der Waals surface area contributed by atoms with Gasteiger partial charge in [-0.15, -0.1) is 0 Å². The fraction of sp³-hybridized carbons (Fsp3) is 0.0435. The maximum Gasteiger partial charge on any atom is 0.262 e. The van der Waals surface area contributed by atoms with E-state index in [2.05, 4.69) is 4.98 Å². The Labute approximate surface area is 157 Å². The zero-order valence-corrected chi connectivity index (χ0v) is 14.6. The first-order valence-electron chi connectivity index (χ1n) is 8.71. The third-order valence-corrected chi connectivity index (χ3v) is 4.50. The van der Waals surface area contributed by atoms with E-state index in [0.29, 0.717) is 17.7 Å². The summed E-state index contributed by atoms with van der Waals surface area (Å²) in [6.07, 6.45) is 3.71. The zero-order valence-electron chi connectivity index (χ0n) is 14.6. The van der Waals surface area contributed by atoms with E-state index in [9.17, 15) is 9.90 Å². The van der Waals surface area contributed by atoms with Gasteiger partial charge in [-0.25, -0.2) is 0 Å². The van der Waals surface area contributed by atoms with E-state index in [1.54, 1.807) is 23.0 Å². The lowest BCUT2D eigenvalue weighted by Crippen LogP contribution is -2.24. The molecule has 2 heterocycles. The van der Waals surface area contributed by atoms with Crippen LogP contribution in [0.1, 0.15) is 11.1 Å². The molecule has 0 aliphatic heterocycles. The average molecular weight is 354 g/mol. The molecule has 0 aliphatic rings. The van der Waals surface area contributed by atoms with Crippen LogP contribution < -0.4 is 5.56 Å². The lowest BCUT2D eigenvalue weighted by molar-refractivity contribution is 0.466. The standard InChI is InChI=1S/C23H18N2O2/c26-22-16-21(18-11-13-24-14-12-18)25(19-9-5-2-6-10-19)23(27)20(22)15-17-7-3-1-4-8-17/h1-14,16,26H,15H2. The van der Waals surface area contributed by atoms with Crippen LogP contribution in [0, 0.1) is 0 Å². The van der Waals surface area contributed by atoms with Crippen molar-refractivity contribution in [3.05, 3.63) is 113 Å². The fourth-order valence-electron chi connectivity index (χ4n) is 3.17. The summed E-state index contributed by atoms with van der Waals surface area (Å²) in [6, 6.07) is 24.4. The van der Waals surface area contributed by atoms with E-state index in [4.69, 9.17) is 0 Å². The summed E-state index contributed by atoms with van der Waals surface area (Å²) >= 11 is 0. The van der Waals surface area contributed by atoms with Crippen molar-refractivity contribution in [2.24, 2.45) is 0 Å². The molecule has 132 valence electrons. The zero-order chi connectivity index (χ0) is 18.6. The number of aromatic hydroxyl groups is 1. The SMILES string of the molecule is O=c1c(Cc2ccccc2)c(O)cc(-c2ccncc2)n1-c1ccccc1. The Bertz CT molecular complexity index is 1110. The minimum Gasteiger partial charge on any atom is -0.507 e. The van der Waals surface area contributed by atoms with Gasteiger partial charge in [0.2, 0.25) is 0 Å². The largest absolute Gasteiger partial charge is 0.507 e. The smallest absolute Gasteiger partial charge is 0.262 e. The first kappa shape index (κ1) is 16.8. The van der Waals surface area contributed by atoms with Crippen molar-refractivity contribution in [2.45, 2.75) is 6.42 Å². The van der Waals surface area contributed by atoms with Crippen LogP contribution >= 0.6 is 0 Å². The topological polar surface area (TPSA) is 55.1 Å². The molecule has 2 aromatic carbocycles. The summed E-state index contributed by atoms with van der Waals surface area (Å²) in [5.74, 6) is 0.00264. The Kier molecular flexibility index (Phi) is 4.54. The van der Waals surface area contributed by atoms with Crippen LogP contribution in [-0.4, -0.2) is 14.7 Å². The molecule has 0 amide bonds. The number of benzene rings is 2. The summed E-state index contributed by atoms with van der Waals surface area (Å²) in [5, 5.41) is 10.6. The Morgan fingerprint density at radius 3 is 2.15 bits per heavy atom. The highest BCUT2D eigenvalue weighted by Gasteiger charge is 2.17. The van der Waals surface area contributed by atoms with Crippen molar-refractivity contribution in [1.82, 2.24) is 9.55 Å². The summed E-state index contributed by atoms with van der Waals surface area (Å²) in [5.41, 5.74) is 3.32. The van der Waals surface area contributed by atoms with Gasteiger partial charge in [0.15, 0.2) is 0 Å². The predicted molar refractivity (Wildman–Crippen MR) is 106 cm³/mol. The molecule has 0 bridgehead atoms. The molecular weight excluding hydrogens is 336 g/mol. The number of pyridine rings is 2. The summed E-state index contributed by atoms with van der Waals surface area (Å²) < 4.78 is 1.65. The first-order chi connectivity index (χ1) is 13.2. The third-order valence-electron chi connectivity index (χ3n) is 4.50. The van der Waals surface area contributed by atoms with Gasteiger partial charge in [-0.3, -0.25) is 14.3 Å². The van der Waals surface area contributed by atoms with E-state index in [-0.39, 0.29) is 11.3 Å². The summed E-state index contributed by atoms with van der Waals surface area (Å²) in [4.78, 5) is 17.4. The highest BCUT2D eigenvalue weighted by molar-refractivity contribution is 5.64. The Morgan fingerprint density at radius 1 is 0.852 bits per heavy atom. The molecule has 4 heteroatoms. The molecule has 0 saturated heterocycles. The molecule has 0 atom stereocenters. The molecule has 0 spiro atoms. The van der Waals surface area contributed by atoms with Crippen molar-refractivity contribution in [1.29, 1.82) is 0 Å². The van der Waals surface area contributed by atoms with Crippen LogP contribution in [0.15, 0.2) is 96.1 Å². The van der Waals surface area contributed by atoms with Crippen molar-refractivity contribution in [3.8, 4) is 22.7 Å². The second-order valence-electron chi connectivity index (χ2n) is 6.27. The van der Waals surface area contributed by atoms with E-state index >= 15 is 0 Å². The van der Waals surface area contributed by atoms with Gasteiger partial charge >= 0.3 is 0 Å². The van der Waals surface area contributed by atoms with Crippen LogP contribution in [0.5, 0.6) is 5.75 Å². The van der Waals surface area contributed by atoms with E-state index in [1.807, 2.05) is 72.8 Å². The van der Waals surface area contributed by atoms with Crippen molar-refractivity contribution < 1.29 is 5.11 Å². The number of aromatic nitrogens is 2. The quantitative estimate of drug-likeness (QED) is 0.598. The number of nitrogens with zero attached hydrogens (tertiary/aromatic N) is 2. The molecule has 0 saturated carbocycles. The normalized spacial score (nSPS) is 10.7. The maximum atomic E-state index is 13.4.